The summed E-state index contributed by atoms with van der Waals surface area (Å²) in [4.78, 5) is 0.427. The van der Waals surface area contributed by atoms with E-state index in [2.05, 4.69) is 4.72 Å². The third-order valence-corrected chi connectivity index (χ3v) is 3.11. The van der Waals surface area contributed by atoms with Gasteiger partial charge in [-0.15, -0.1) is 0 Å². The normalized spacial score (nSPS) is 14.4. The first-order valence-corrected chi connectivity index (χ1v) is 4.92. The van der Waals surface area contributed by atoms with E-state index in [0.29, 0.717) is 10.6 Å². The van der Waals surface area contributed by atoms with Crippen LogP contribution in [0.3, 0.4) is 0 Å². The lowest BCUT2D eigenvalue weighted by molar-refractivity contribution is 0.567. The molecule has 1 aliphatic rings. The Hall–Kier alpha value is -0.420. The highest BCUT2D eigenvalue weighted by Crippen LogP contribution is 2.46. The number of halogens is 2. The monoisotopic (exact) mass is 190 g/mol. The van der Waals surface area contributed by atoms with E-state index in [0.717, 1.165) is 17.0 Å². The van der Waals surface area contributed by atoms with Gasteiger partial charge >= 0.3 is 0 Å². The van der Waals surface area contributed by atoms with Crippen molar-refractivity contribution in [2.75, 3.05) is 0 Å². The molecule has 0 fully saturated rings. The number of fused-ring (bicyclic) bond motifs is 1. The third-order valence-electron chi connectivity index (χ3n) is 1.24. The van der Waals surface area contributed by atoms with Gasteiger partial charge in [-0.1, -0.05) is 0 Å². The summed E-state index contributed by atoms with van der Waals surface area (Å²) in [5.41, 5.74) is 0.400. The quantitative estimate of drug-likeness (QED) is 0.461. The van der Waals surface area contributed by atoms with Crippen LogP contribution in [0, 0.1) is 11.6 Å². The summed E-state index contributed by atoms with van der Waals surface area (Å²) < 4.78 is 29.1. The molecular weight excluding hydrogens is 188 g/mol. The van der Waals surface area contributed by atoms with Crippen LogP contribution in [0.25, 0.3) is 0 Å². The highest BCUT2D eigenvalue weighted by atomic mass is 33.1. The summed E-state index contributed by atoms with van der Waals surface area (Å²) in [6.45, 7) is 0. The second-order valence-electron chi connectivity index (χ2n) is 1.99. The molecule has 0 N–H and O–H groups in total. The lowest BCUT2D eigenvalue weighted by Crippen LogP contribution is -1.85. The van der Waals surface area contributed by atoms with Gasteiger partial charge in [0.15, 0.2) is 0 Å². The Balaban J connectivity index is 2.60. The highest BCUT2D eigenvalue weighted by molar-refractivity contribution is 8.76. The average molecular weight is 190 g/mol. The van der Waals surface area contributed by atoms with Crippen LogP contribution in [-0.4, -0.2) is 0 Å². The Labute approximate surface area is 70.1 Å². The predicted molar refractivity (Wildman–Crippen MR) is 41.6 cm³/mol. The third kappa shape index (κ3) is 1.18. The van der Waals surface area contributed by atoms with Crippen molar-refractivity contribution < 1.29 is 8.78 Å². The lowest BCUT2D eigenvalue weighted by atomic mass is 10.3. The van der Waals surface area contributed by atoms with Crippen molar-refractivity contribution >= 4 is 27.5 Å². The van der Waals surface area contributed by atoms with E-state index in [1.54, 1.807) is 0 Å². The molecule has 1 radical (unpaired) electrons. The van der Waals surface area contributed by atoms with E-state index in [-0.39, 0.29) is 0 Å². The second kappa shape index (κ2) is 2.57. The minimum Gasteiger partial charge on any atom is -0.207 e. The van der Waals surface area contributed by atoms with Crippen molar-refractivity contribution in [3.8, 4) is 0 Å². The van der Waals surface area contributed by atoms with Crippen LogP contribution in [0.1, 0.15) is 0 Å². The Morgan fingerprint density at radius 1 is 1.27 bits per heavy atom. The highest BCUT2D eigenvalue weighted by Gasteiger charge is 2.19. The van der Waals surface area contributed by atoms with Gasteiger partial charge in [0.1, 0.15) is 11.6 Å². The molecule has 0 saturated carbocycles. The Kier molecular flexibility index (Phi) is 1.69. The van der Waals surface area contributed by atoms with Crippen LogP contribution < -0.4 is 4.72 Å². The van der Waals surface area contributed by atoms with E-state index in [1.807, 2.05) is 0 Å². The minimum atomic E-state index is -0.576. The molecule has 0 spiro atoms. The van der Waals surface area contributed by atoms with Crippen molar-refractivity contribution in [2.24, 2.45) is 0 Å². The van der Waals surface area contributed by atoms with E-state index < -0.39 is 11.6 Å². The first-order valence-electron chi connectivity index (χ1n) is 2.81. The maximum absolute atomic E-state index is 12.8. The van der Waals surface area contributed by atoms with E-state index in [1.165, 1.54) is 16.9 Å². The fourth-order valence-electron chi connectivity index (χ4n) is 0.793. The molecule has 0 saturated heterocycles. The molecule has 5 heteroatoms. The van der Waals surface area contributed by atoms with Gasteiger partial charge < -0.3 is 0 Å². The smallest absolute Gasteiger partial charge is 0.142 e. The molecule has 2 rings (SSSR count). The first-order chi connectivity index (χ1) is 5.27. The molecule has 11 heavy (non-hydrogen) atoms. The molecule has 57 valence electrons. The lowest BCUT2D eigenvalue weighted by Gasteiger charge is -1.95. The maximum atomic E-state index is 12.8. The first kappa shape index (κ1) is 7.24. The summed E-state index contributed by atoms with van der Waals surface area (Å²) in [7, 11) is 2.37. The van der Waals surface area contributed by atoms with Gasteiger partial charge in [-0.05, 0) is 10.8 Å². The molecule has 0 atom stereocenters. The van der Waals surface area contributed by atoms with Gasteiger partial charge in [-0.2, -0.15) is 0 Å². The molecule has 0 amide bonds. The molecule has 1 aromatic rings. The van der Waals surface area contributed by atoms with E-state index in [4.69, 9.17) is 0 Å². The van der Waals surface area contributed by atoms with Gasteiger partial charge in [0.25, 0.3) is 0 Å². The molecule has 1 nitrogen and oxygen atoms in total. The van der Waals surface area contributed by atoms with Crippen molar-refractivity contribution in [3.05, 3.63) is 23.8 Å². The van der Waals surface area contributed by atoms with Crippen LogP contribution >= 0.6 is 21.8 Å². The van der Waals surface area contributed by atoms with Crippen molar-refractivity contribution in [1.82, 2.24) is 4.72 Å². The minimum absolute atomic E-state index is 0.400. The molecule has 1 aromatic carbocycles. The fraction of sp³-hybridized carbons (Fsp3) is 0. The van der Waals surface area contributed by atoms with Crippen LogP contribution in [0.15, 0.2) is 17.0 Å². The Morgan fingerprint density at radius 3 is 2.91 bits per heavy atom. The Bertz CT molecular complexity index is 303. The Morgan fingerprint density at radius 2 is 2.09 bits per heavy atom. The number of rotatable bonds is 0. The van der Waals surface area contributed by atoms with E-state index >= 15 is 0 Å². The summed E-state index contributed by atoms with van der Waals surface area (Å²) in [6.07, 6.45) is 0. The van der Waals surface area contributed by atoms with Crippen molar-refractivity contribution in [2.45, 2.75) is 4.90 Å². The fourth-order valence-corrected chi connectivity index (χ4v) is 2.59. The summed E-state index contributed by atoms with van der Waals surface area (Å²) in [5.74, 6) is -1.10. The maximum Gasteiger partial charge on any atom is 0.142 e. The zero-order valence-electron chi connectivity index (χ0n) is 5.17. The zero-order chi connectivity index (χ0) is 7.84. The molecule has 0 aromatic heterocycles. The van der Waals surface area contributed by atoms with Crippen molar-refractivity contribution in [3.63, 3.8) is 0 Å². The van der Waals surface area contributed by atoms with Crippen molar-refractivity contribution in [1.29, 1.82) is 0 Å². The van der Waals surface area contributed by atoms with Gasteiger partial charge in [0, 0.05) is 23.1 Å². The van der Waals surface area contributed by atoms with Gasteiger partial charge in [0.2, 0.25) is 0 Å². The molecule has 1 heterocycles. The molecule has 0 aliphatic carbocycles. The summed E-state index contributed by atoms with van der Waals surface area (Å²) in [6, 6.07) is 2.10. The van der Waals surface area contributed by atoms with E-state index in [9.17, 15) is 8.78 Å². The van der Waals surface area contributed by atoms with Crippen LogP contribution in [0.2, 0.25) is 0 Å². The second-order valence-corrected chi connectivity index (χ2v) is 3.84. The van der Waals surface area contributed by atoms with Gasteiger partial charge in [0.05, 0.1) is 10.6 Å². The number of hydrogen-bond donors (Lipinski definition) is 0. The number of benzene rings is 1. The van der Waals surface area contributed by atoms with Crippen LogP contribution in [-0.2, 0) is 0 Å². The predicted octanol–water partition coefficient (Wildman–Crippen LogP) is 2.87. The molecular formula is C6H2F2NS2. The molecule has 0 bridgehead atoms. The summed E-state index contributed by atoms with van der Waals surface area (Å²) >= 11 is 0. The van der Waals surface area contributed by atoms with Crippen LogP contribution in [0.4, 0.5) is 14.5 Å². The molecule has 0 unspecified atom stereocenters. The van der Waals surface area contributed by atoms with Gasteiger partial charge in [-0.25, -0.2) is 13.5 Å². The average Bonchev–Trinajstić information content (AvgIpc) is 2.34. The van der Waals surface area contributed by atoms with Gasteiger partial charge in [-0.3, -0.25) is 0 Å². The number of nitrogens with zero attached hydrogens (tertiary/aromatic N) is 1. The topological polar surface area (TPSA) is 14.1 Å². The summed E-state index contributed by atoms with van der Waals surface area (Å²) in [5, 5.41) is 0. The molecule has 1 aliphatic heterocycles. The zero-order valence-corrected chi connectivity index (χ0v) is 6.81. The SMILES string of the molecule is Fc1cc(F)c2c(c1)[N]SS2. The number of hydrogen-bond acceptors (Lipinski definition) is 2. The standard InChI is InChI=1S/C6H2F2NS2/c7-3-1-4(8)6-5(2-3)9-11-10-6/h1-2H. The van der Waals surface area contributed by atoms with Crippen LogP contribution in [0.5, 0.6) is 0 Å². The largest absolute Gasteiger partial charge is 0.207 e.